The lowest BCUT2D eigenvalue weighted by molar-refractivity contribution is -0.0775. The molecule has 6 heteroatoms. The van der Waals surface area contributed by atoms with Gasteiger partial charge in [0.25, 0.3) is 0 Å². The van der Waals surface area contributed by atoms with Gasteiger partial charge in [0.05, 0.1) is 26.9 Å². The Morgan fingerprint density at radius 1 is 1.04 bits per heavy atom. The van der Waals surface area contributed by atoms with Crippen LogP contribution in [0.25, 0.3) is 0 Å². The third kappa shape index (κ3) is 5.03. The number of nitrogens with zero attached hydrogens (tertiary/aromatic N) is 1. The molecule has 1 aliphatic heterocycles. The minimum Gasteiger partial charge on any atom is -0.493 e. The van der Waals surface area contributed by atoms with E-state index in [1.807, 2.05) is 12.1 Å². The summed E-state index contributed by atoms with van der Waals surface area (Å²) in [4.78, 5) is 2.26. The van der Waals surface area contributed by atoms with Gasteiger partial charge in [0, 0.05) is 12.6 Å². The summed E-state index contributed by atoms with van der Waals surface area (Å²) in [6, 6.07) is 6.40. The fraction of sp³-hybridized carbons (Fsp3) is 0.700. The molecule has 3 atom stereocenters. The molecule has 5 nitrogen and oxygen atoms in total. The Labute approximate surface area is 163 Å². The van der Waals surface area contributed by atoms with E-state index in [0.29, 0.717) is 12.6 Å². The molecule has 1 saturated carbocycles. The van der Waals surface area contributed by atoms with Crippen molar-refractivity contribution in [3.63, 3.8) is 0 Å². The zero-order valence-corrected chi connectivity index (χ0v) is 16.7. The molecule has 2 fully saturated rings. The number of halogens is 1. The smallest absolute Gasteiger partial charge is 0.160 e. The molecule has 0 amide bonds. The second-order valence-electron chi connectivity index (χ2n) is 7.06. The molecule has 1 aromatic rings. The second kappa shape index (κ2) is 10.4. The lowest BCUT2D eigenvalue weighted by Crippen LogP contribution is -2.48. The molecular formula is C20H32ClNO4. The highest BCUT2D eigenvalue weighted by molar-refractivity contribution is 5.85. The average Bonchev–Trinajstić information content (AvgIpc) is 3.07. The summed E-state index contributed by atoms with van der Waals surface area (Å²) in [7, 11) is 3.31. The van der Waals surface area contributed by atoms with E-state index >= 15 is 0 Å². The van der Waals surface area contributed by atoms with Crippen LogP contribution in [0.15, 0.2) is 18.2 Å². The zero-order valence-electron chi connectivity index (χ0n) is 15.9. The van der Waals surface area contributed by atoms with Crippen LogP contribution >= 0.6 is 12.4 Å². The third-order valence-corrected chi connectivity index (χ3v) is 5.53. The number of likely N-dealkylation sites (tertiary alicyclic amines) is 1. The van der Waals surface area contributed by atoms with E-state index in [1.54, 1.807) is 14.2 Å². The number of aliphatic hydroxyl groups excluding tert-OH is 1. The number of hydrogen-bond acceptors (Lipinski definition) is 5. The molecule has 1 N–H and O–H groups in total. The summed E-state index contributed by atoms with van der Waals surface area (Å²) >= 11 is 0. The van der Waals surface area contributed by atoms with Crippen LogP contribution in [0.5, 0.6) is 11.5 Å². The van der Waals surface area contributed by atoms with Crippen LogP contribution < -0.4 is 9.47 Å². The number of aliphatic hydroxyl groups is 1. The highest BCUT2D eigenvalue weighted by atomic mass is 35.5. The molecule has 2 aliphatic rings. The first kappa shape index (κ1) is 21.3. The van der Waals surface area contributed by atoms with Crippen LogP contribution in [-0.2, 0) is 11.2 Å². The van der Waals surface area contributed by atoms with Gasteiger partial charge in [-0.1, -0.05) is 18.9 Å². The summed E-state index contributed by atoms with van der Waals surface area (Å²) in [6.07, 6.45) is 7.50. The van der Waals surface area contributed by atoms with Gasteiger partial charge < -0.3 is 19.3 Å². The lowest BCUT2D eigenvalue weighted by atomic mass is 9.91. The van der Waals surface area contributed by atoms with Crippen molar-refractivity contribution in [3.05, 3.63) is 23.8 Å². The van der Waals surface area contributed by atoms with Gasteiger partial charge in [0.1, 0.15) is 6.23 Å². The first-order chi connectivity index (χ1) is 12.2. The Morgan fingerprint density at radius 3 is 2.50 bits per heavy atom. The van der Waals surface area contributed by atoms with E-state index in [1.165, 1.54) is 18.4 Å². The third-order valence-electron chi connectivity index (χ3n) is 5.53. The van der Waals surface area contributed by atoms with Gasteiger partial charge in [-0.15, -0.1) is 12.4 Å². The standard InChI is InChI=1S/C20H31NO4.ClH/c1-23-18-10-9-15(14-19(18)24-2)11-13-25-17-7-4-3-6-16(17)21-12-5-8-20(21)22;/h9-10,14,16-17,20,22H,3-8,11-13H2,1-2H3;1H/t16-,17+,20?;/m0./s1. The summed E-state index contributed by atoms with van der Waals surface area (Å²) in [5.74, 6) is 1.51. The van der Waals surface area contributed by atoms with Crippen molar-refractivity contribution >= 4 is 12.4 Å². The van der Waals surface area contributed by atoms with Gasteiger partial charge >= 0.3 is 0 Å². The molecule has 1 saturated heterocycles. The van der Waals surface area contributed by atoms with Gasteiger partial charge in [-0.3, -0.25) is 4.90 Å². The van der Waals surface area contributed by atoms with E-state index in [9.17, 15) is 5.11 Å². The van der Waals surface area contributed by atoms with Crippen LogP contribution in [0, 0.1) is 0 Å². The zero-order chi connectivity index (χ0) is 17.6. The maximum Gasteiger partial charge on any atom is 0.160 e. The van der Waals surface area contributed by atoms with Crippen molar-refractivity contribution in [3.8, 4) is 11.5 Å². The van der Waals surface area contributed by atoms with Crippen molar-refractivity contribution in [1.82, 2.24) is 4.90 Å². The number of hydrogen-bond donors (Lipinski definition) is 1. The Bertz CT molecular complexity index is 557. The topological polar surface area (TPSA) is 51.2 Å². The summed E-state index contributed by atoms with van der Waals surface area (Å²) < 4.78 is 16.9. The van der Waals surface area contributed by atoms with Crippen LogP contribution in [0.1, 0.15) is 44.1 Å². The second-order valence-corrected chi connectivity index (χ2v) is 7.06. The Hall–Kier alpha value is -1.01. The fourth-order valence-corrected chi connectivity index (χ4v) is 4.17. The molecule has 1 heterocycles. The lowest BCUT2D eigenvalue weighted by Gasteiger charge is -2.39. The van der Waals surface area contributed by atoms with Crippen LogP contribution in [0.3, 0.4) is 0 Å². The SMILES string of the molecule is COc1ccc(CCO[C@@H]2CCCC[C@@H]2N2CCCC2O)cc1OC.Cl. The van der Waals surface area contributed by atoms with Crippen LogP contribution in [0.2, 0.25) is 0 Å². The van der Waals surface area contributed by atoms with Gasteiger partial charge in [-0.05, 0) is 49.8 Å². The van der Waals surface area contributed by atoms with Crippen LogP contribution in [0.4, 0.5) is 0 Å². The Balaban J connectivity index is 0.00000243. The molecule has 1 aliphatic carbocycles. The van der Waals surface area contributed by atoms with E-state index in [0.717, 1.165) is 50.1 Å². The van der Waals surface area contributed by atoms with Gasteiger partial charge in [-0.2, -0.15) is 0 Å². The molecule has 3 rings (SSSR count). The molecule has 26 heavy (non-hydrogen) atoms. The molecule has 148 valence electrons. The van der Waals surface area contributed by atoms with Crippen molar-refractivity contribution in [2.75, 3.05) is 27.4 Å². The summed E-state index contributed by atoms with van der Waals surface area (Å²) in [6.45, 7) is 1.70. The fourth-order valence-electron chi connectivity index (χ4n) is 4.17. The quantitative estimate of drug-likeness (QED) is 0.779. The minimum absolute atomic E-state index is 0. The molecule has 0 bridgehead atoms. The normalized spacial score (nSPS) is 26.3. The molecule has 1 unspecified atom stereocenters. The maximum atomic E-state index is 10.2. The van der Waals surface area contributed by atoms with Gasteiger partial charge in [0.2, 0.25) is 0 Å². The summed E-state index contributed by atoms with van der Waals surface area (Å²) in [5, 5.41) is 10.2. The van der Waals surface area contributed by atoms with Crippen molar-refractivity contribution < 1.29 is 19.3 Å². The van der Waals surface area contributed by atoms with Gasteiger partial charge in [0.15, 0.2) is 11.5 Å². The van der Waals surface area contributed by atoms with E-state index in [-0.39, 0.29) is 24.7 Å². The molecule has 1 aromatic carbocycles. The molecule has 0 aromatic heterocycles. The number of methoxy groups -OCH3 is 2. The largest absolute Gasteiger partial charge is 0.493 e. The van der Waals surface area contributed by atoms with Crippen molar-refractivity contribution in [2.24, 2.45) is 0 Å². The first-order valence-corrected chi connectivity index (χ1v) is 9.49. The predicted octanol–water partition coefficient (Wildman–Crippen LogP) is 3.41. The average molecular weight is 386 g/mol. The highest BCUT2D eigenvalue weighted by Gasteiger charge is 2.36. The number of rotatable bonds is 7. The minimum atomic E-state index is -0.278. The van der Waals surface area contributed by atoms with E-state index in [4.69, 9.17) is 14.2 Å². The van der Waals surface area contributed by atoms with Crippen LogP contribution in [-0.4, -0.2) is 55.8 Å². The molecule has 0 radical (unpaired) electrons. The summed E-state index contributed by atoms with van der Waals surface area (Å²) in [5.41, 5.74) is 1.19. The van der Waals surface area contributed by atoms with E-state index < -0.39 is 0 Å². The molecule has 0 spiro atoms. The Kier molecular flexibility index (Phi) is 8.48. The van der Waals surface area contributed by atoms with Gasteiger partial charge in [-0.25, -0.2) is 0 Å². The monoisotopic (exact) mass is 385 g/mol. The van der Waals surface area contributed by atoms with Crippen molar-refractivity contribution in [1.29, 1.82) is 0 Å². The van der Waals surface area contributed by atoms with E-state index in [2.05, 4.69) is 11.0 Å². The van der Waals surface area contributed by atoms with Crippen molar-refractivity contribution in [2.45, 2.75) is 63.3 Å². The molecular weight excluding hydrogens is 354 g/mol. The predicted molar refractivity (Wildman–Crippen MR) is 104 cm³/mol. The number of benzene rings is 1. The Morgan fingerprint density at radius 2 is 1.81 bits per heavy atom. The first-order valence-electron chi connectivity index (χ1n) is 9.49. The number of ether oxygens (including phenoxy) is 3. The highest BCUT2D eigenvalue weighted by Crippen LogP contribution is 2.31. The maximum absolute atomic E-state index is 10.2.